The van der Waals surface area contributed by atoms with Crippen molar-refractivity contribution < 1.29 is 9.53 Å². The van der Waals surface area contributed by atoms with Crippen LogP contribution in [-0.2, 0) is 9.53 Å². The fourth-order valence-corrected chi connectivity index (χ4v) is 1.27. The van der Waals surface area contributed by atoms with Crippen LogP contribution >= 0.6 is 0 Å². The van der Waals surface area contributed by atoms with Crippen molar-refractivity contribution >= 4 is 5.91 Å². The normalized spacial score (nSPS) is 23.5. The van der Waals surface area contributed by atoms with Gasteiger partial charge in [0, 0.05) is 6.61 Å². The summed E-state index contributed by atoms with van der Waals surface area (Å²) in [4.78, 5) is 11.4. The first-order valence-electron chi connectivity index (χ1n) is 4.59. The molecule has 72 valence electrons. The number of hydrogen-bond acceptors (Lipinski definition) is 3. The number of carbonyl (C=O) groups excluding carboxylic acids is 1. The van der Waals surface area contributed by atoms with Gasteiger partial charge in [0.15, 0.2) is 0 Å². The SMILES string of the molecule is CCC(C#N)NC(=O)C1CCCO1. The summed E-state index contributed by atoms with van der Waals surface area (Å²) in [6.45, 7) is 2.52. The summed E-state index contributed by atoms with van der Waals surface area (Å²) in [5, 5.41) is 11.2. The van der Waals surface area contributed by atoms with Crippen LogP contribution in [0.1, 0.15) is 26.2 Å². The monoisotopic (exact) mass is 182 g/mol. The van der Waals surface area contributed by atoms with Crippen molar-refractivity contribution in [1.82, 2.24) is 5.32 Å². The Labute approximate surface area is 77.9 Å². The van der Waals surface area contributed by atoms with Gasteiger partial charge >= 0.3 is 0 Å². The molecule has 0 aromatic heterocycles. The maximum Gasteiger partial charge on any atom is 0.250 e. The van der Waals surface area contributed by atoms with Crippen molar-refractivity contribution in [2.75, 3.05) is 6.61 Å². The van der Waals surface area contributed by atoms with Gasteiger partial charge in [-0.1, -0.05) is 6.92 Å². The second-order valence-electron chi connectivity index (χ2n) is 3.10. The first-order chi connectivity index (χ1) is 6.27. The molecule has 4 nitrogen and oxygen atoms in total. The van der Waals surface area contributed by atoms with Crippen LogP contribution < -0.4 is 5.32 Å². The molecule has 1 aliphatic rings. The second-order valence-corrected chi connectivity index (χ2v) is 3.10. The molecule has 1 rings (SSSR count). The van der Waals surface area contributed by atoms with Crippen molar-refractivity contribution in [3.05, 3.63) is 0 Å². The van der Waals surface area contributed by atoms with Crippen molar-refractivity contribution in [3.63, 3.8) is 0 Å². The van der Waals surface area contributed by atoms with Crippen LogP contribution in [0.5, 0.6) is 0 Å². The highest BCUT2D eigenvalue weighted by molar-refractivity contribution is 5.81. The molecule has 4 heteroatoms. The fraction of sp³-hybridized carbons (Fsp3) is 0.778. The van der Waals surface area contributed by atoms with Crippen LogP contribution in [0.25, 0.3) is 0 Å². The third kappa shape index (κ3) is 2.71. The number of nitriles is 1. The van der Waals surface area contributed by atoms with E-state index in [9.17, 15) is 4.79 Å². The van der Waals surface area contributed by atoms with Gasteiger partial charge in [-0.15, -0.1) is 0 Å². The summed E-state index contributed by atoms with van der Waals surface area (Å²) in [6, 6.07) is 1.64. The van der Waals surface area contributed by atoms with Crippen molar-refractivity contribution in [2.24, 2.45) is 0 Å². The lowest BCUT2D eigenvalue weighted by Crippen LogP contribution is -2.40. The minimum atomic E-state index is -0.378. The third-order valence-corrected chi connectivity index (χ3v) is 2.10. The van der Waals surface area contributed by atoms with Gasteiger partial charge < -0.3 is 10.1 Å². The predicted molar refractivity (Wildman–Crippen MR) is 46.8 cm³/mol. The second kappa shape index (κ2) is 4.83. The highest BCUT2D eigenvalue weighted by Crippen LogP contribution is 2.11. The molecule has 0 aliphatic carbocycles. The molecule has 1 heterocycles. The summed E-state index contributed by atoms with van der Waals surface area (Å²) in [5.74, 6) is -0.147. The maximum atomic E-state index is 11.4. The molecule has 0 aromatic carbocycles. The summed E-state index contributed by atoms with van der Waals surface area (Å²) in [6.07, 6.45) is 2.01. The number of hydrogen-bond donors (Lipinski definition) is 1. The number of rotatable bonds is 3. The zero-order chi connectivity index (χ0) is 9.68. The predicted octanol–water partition coefficient (Wildman–Crippen LogP) is 0.584. The highest BCUT2D eigenvalue weighted by Gasteiger charge is 2.24. The van der Waals surface area contributed by atoms with E-state index in [-0.39, 0.29) is 18.1 Å². The number of carbonyl (C=O) groups is 1. The van der Waals surface area contributed by atoms with E-state index >= 15 is 0 Å². The van der Waals surface area contributed by atoms with E-state index in [2.05, 4.69) is 5.32 Å². The van der Waals surface area contributed by atoms with Crippen molar-refractivity contribution in [2.45, 2.75) is 38.3 Å². The largest absolute Gasteiger partial charge is 0.368 e. The molecular weight excluding hydrogens is 168 g/mol. The van der Waals surface area contributed by atoms with Gasteiger partial charge in [0.2, 0.25) is 5.91 Å². The minimum absolute atomic E-state index is 0.147. The van der Waals surface area contributed by atoms with Gasteiger partial charge in [0.25, 0.3) is 0 Å². The Hall–Kier alpha value is -1.08. The van der Waals surface area contributed by atoms with E-state index in [1.807, 2.05) is 13.0 Å². The molecule has 2 unspecified atom stereocenters. The number of amides is 1. The Morgan fingerprint density at radius 1 is 1.85 bits per heavy atom. The Morgan fingerprint density at radius 3 is 3.08 bits per heavy atom. The van der Waals surface area contributed by atoms with Crippen LogP contribution in [0.2, 0.25) is 0 Å². The number of ether oxygens (including phenoxy) is 1. The molecule has 1 fully saturated rings. The molecule has 1 N–H and O–H groups in total. The molecular formula is C9H14N2O2. The summed E-state index contributed by atoms with van der Waals surface area (Å²) in [5.41, 5.74) is 0. The topological polar surface area (TPSA) is 62.1 Å². The van der Waals surface area contributed by atoms with Crippen LogP contribution in [0.3, 0.4) is 0 Å². The summed E-state index contributed by atoms with van der Waals surface area (Å²) >= 11 is 0. The van der Waals surface area contributed by atoms with Gasteiger partial charge in [-0.2, -0.15) is 5.26 Å². The Kier molecular flexibility index (Phi) is 3.71. The number of nitrogens with one attached hydrogen (secondary N) is 1. The molecule has 0 spiro atoms. The standard InChI is InChI=1S/C9H14N2O2/c1-2-7(6-10)11-9(12)8-4-3-5-13-8/h7-8H,2-5H2,1H3,(H,11,12). The van der Waals surface area contributed by atoms with Gasteiger partial charge in [0.1, 0.15) is 12.1 Å². The molecule has 1 saturated heterocycles. The summed E-state index contributed by atoms with van der Waals surface area (Å²) < 4.78 is 5.18. The Balaban J connectivity index is 2.35. The first-order valence-corrected chi connectivity index (χ1v) is 4.59. The molecule has 13 heavy (non-hydrogen) atoms. The molecule has 0 aromatic rings. The quantitative estimate of drug-likeness (QED) is 0.694. The average Bonchev–Trinajstić information content (AvgIpc) is 2.66. The molecule has 2 atom stereocenters. The van der Waals surface area contributed by atoms with E-state index in [1.165, 1.54) is 0 Å². The van der Waals surface area contributed by atoms with E-state index in [4.69, 9.17) is 10.00 Å². The van der Waals surface area contributed by atoms with E-state index in [1.54, 1.807) is 0 Å². The lowest BCUT2D eigenvalue weighted by atomic mass is 10.2. The minimum Gasteiger partial charge on any atom is -0.368 e. The highest BCUT2D eigenvalue weighted by atomic mass is 16.5. The molecule has 1 amide bonds. The van der Waals surface area contributed by atoms with Crippen molar-refractivity contribution in [1.29, 1.82) is 5.26 Å². The van der Waals surface area contributed by atoms with Crippen LogP contribution in [0.15, 0.2) is 0 Å². The summed E-state index contributed by atoms with van der Waals surface area (Å²) in [7, 11) is 0. The van der Waals surface area contributed by atoms with E-state index in [0.717, 1.165) is 12.8 Å². The molecule has 0 bridgehead atoms. The van der Waals surface area contributed by atoms with E-state index < -0.39 is 0 Å². The van der Waals surface area contributed by atoms with Gasteiger partial charge in [0.05, 0.1) is 6.07 Å². The van der Waals surface area contributed by atoms with Crippen LogP contribution in [0, 0.1) is 11.3 Å². The molecule has 0 radical (unpaired) electrons. The Morgan fingerprint density at radius 2 is 2.62 bits per heavy atom. The third-order valence-electron chi connectivity index (χ3n) is 2.10. The first kappa shape index (κ1) is 10.0. The fourth-order valence-electron chi connectivity index (χ4n) is 1.27. The zero-order valence-electron chi connectivity index (χ0n) is 7.75. The van der Waals surface area contributed by atoms with E-state index in [0.29, 0.717) is 13.0 Å². The zero-order valence-corrected chi connectivity index (χ0v) is 7.75. The molecule has 0 saturated carbocycles. The Bertz CT molecular complexity index is 216. The van der Waals surface area contributed by atoms with Gasteiger partial charge in [-0.05, 0) is 19.3 Å². The van der Waals surface area contributed by atoms with Gasteiger partial charge in [-0.25, -0.2) is 0 Å². The van der Waals surface area contributed by atoms with Crippen LogP contribution in [0.4, 0.5) is 0 Å². The number of nitrogens with zero attached hydrogens (tertiary/aromatic N) is 1. The van der Waals surface area contributed by atoms with Gasteiger partial charge in [-0.3, -0.25) is 4.79 Å². The van der Waals surface area contributed by atoms with Crippen LogP contribution in [-0.4, -0.2) is 24.7 Å². The smallest absolute Gasteiger partial charge is 0.250 e. The average molecular weight is 182 g/mol. The van der Waals surface area contributed by atoms with Crippen molar-refractivity contribution in [3.8, 4) is 6.07 Å². The lowest BCUT2D eigenvalue weighted by Gasteiger charge is -2.12. The molecule has 1 aliphatic heterocycles. The lowest BCUT2D eigenvalue weighted by molar-refractivity contribution is -0.130. The maximum absolute atomic E-state index is 11.4.